The molecule has 38 heavy (non-hydrogen) atoms. The Morgan fingerprint density at radius 3 is 2.58 bits per heavy atom. The molecule has 0 unspecified atom stereocenters. The number of amides is 1. The molecule has 2 heterocycles. The van der Waals surface area contributed by atoms with Crippen molar-refractivity contribution in [3.63, 3.8) is 0 Å². The average molecular weight is 545 g/mol. The zero-order valence-corrected chi connectivity index (χ0v) is 23.5. The summed E-state index contributed by atoms with van der Waals surface area (Å²) in [6.07, 6.45) is 2.04. The maximum Gasteiger partial charge on any atom is 0.409 e. The van der Waals surface area contributed by atoms with E-state index in [0.29, 0.717) is 71.0 Å². The molecule has 206 valence electrons. The first-order valence-electron chi connectivity index (χ1n) is 12.8. The zero-order valence-electron chi connectivity index (χ0n) is 22.7. The van der Waals surface area contributed by atoms with Gasteiger partial charge in [-0.2, -0.15) is 0 Å². The Kier molecular flexibility index (Phi) is 10.1. The van der Waals surface area contributed by atoms with Crippen molar-refractivity contribution in [2.24, 2.45) is 11.7 Å². The molecule has 0 saturated carbocycles. The molecule has 9 nitrogen and oxygen atoms in total. The SMILES string of the molecule is CCC[C@@H](O)COc1ccc(Cl)c(-c2nc(CCC3CN(C(=O)OC)C3)c(C)c(C(C(C)=O)=C(C)N)n2)c1. The van der Waals surface area contributed by atoms with Crippen LogP contribution < -0.4 is 10.5 Å². The molecule has 3 rings (SSSR count). The van der Waals surface area contributed by atoms with Gasteiger partial charge >= 0.3 is 6.09 Å². The van der Waals surface area contributed by atoms with Crippen molar-refractivity contribution in [3.05, 3.63) is 45.9 Å². The van der Waals surface area contributed by atoms with E-state index in [9.17, 15) is 14.7 Å². The van der Waals surface area contributed by atoms with Crippen LogP contribution in [-0.2, 0) is 16.0 Å². The number of benzene rings is 1. The topological polar surface area (TPSA) is 128 Å². The number of likely N-dealkylation sites (tertiary alicyclic amines) is 1. The molecule has 1 amide bonds. The fourth-order valence-electron chi connectivity index (χ4n) is 4.55. The Morgan fingerprint density at radius 1 is 1.26 bits per heavy atom. The van der Waals surface area contributed by atoms with Gasteiger partial charge in [0.2, 0.25) is 0 Å². The smallest absolute Gasteiger partial charge is 0.409 e. The third kappa shape index (κ3) is 7.02. The third-order valence-electron chi connectivity index (χ3n) is 6.65. The number of aliphatic hydroxyl groups is 1. The lowest BCUT2D eigenvalue weighted by Gasteiger charge is -2.38. The number of nitrogens with zero attached hydrogens (tertiary/aromatic N) is 3. The second-order valence-electron chi connectivity index (χ2n) is 9.76. The van der Waals surface area contributed by atoms with Crippen LogP contribution in [0.15, 0.2) is 23.9 Å². The molecular weight excluding hydrogens is 508 g/mol. The molecule has 1 atom stereocenters. The number of hydrogen-bond acceptors (Lipinski definition) is 8. The number of rotatable bonds is 11. The number of ketones is 1. The summed E-state index contributed by atoms with van der Waals surface area (Å²) in [6, 6.07) is 5.17. The third-order valence-corrected chi connectivity index (χ3v) is 6.98. The van der Waals surface area contributed by atoms with Crippen LogP contribution in [0.3, 0.4) is 0 Å². The van der Waals surface area contributed by atoms with E-state index in [1.807, 2.05) is 13.8 Å². The van der Waals surface area contributed by atoms with Gasteiger partial charge in [-0.15, -0.1) is 0 Å². The quantitative estimate of drug-likeness (QED) is 0.394. The van der Waals surface area contributed by atoms with Crippen LogP contribution in [0.2, 0.25) is 5.02 Å². The highest BCUT2D eigenvalue weighted by Crippen LogP contribution is 2.33. The molecule has 0 aliphatic carbocycles. The molecule has 1 aromatic carbocycles. The van der Waals surface area contributed by atoms with E-state index in [1.54, 1.807) is 30.0 Å². The number of aryl methyl sites for hydroxylation is 1. The highest BCUT2D eigenvalue weighted by atomic mass is 35.5. The van der Waals surface area contributed by atoms with Gasteiger partial charge in [0.05, 0.1) is 29.5 Å². The second-order valence-corrected chi connectivity index (χ2v) is 10.2. The van der Waals surface area contributed by atoms with Gasteiger partial charge < -0.3 is 25.2 Å². The lowest BCUT2D eigenvalue weighted by molar-refractivity contribution is -0.111. The van der Waals surface area contributed by atoms with Crippen molar-refractivity contribution in [3.8, 4) is 17.1 Å². The molecule has 0 radical (unpaired) electrons. The van der Waals surface area contributed by atoms with Crippen molar-refractivity contribution in [2.75, 3.05) is 26.8 Å². The molecule has 0 bridgehead atoms. The van der Waals surface area contributed by atoms with Crippen LogP contribution in [0.1, 0.15) is 57.0 Å². The molecule has 2 aromatic rings. The predicted octanol–water partition coefficient (Wildman–Crippen LogP) is 4.55. The molecule has 1 saturated heterocycles. The molecule has 0 spiro atoms. The lowest BCUT2D eigenvalue weighted by atomic mass is 9.92. The minimum atomic E-state index is -0.564. The van der Waals surface area contributed by atoms with Crippen molar-refractivity contribution in [1.82, 2.24) is 14.9 Å². The zero-order chi connectivity index (χ0) is 28.0. The van der Waals surface area contributed by atoms with Crippen LogP contribution in [0.5, 0.6) is 5.75 Å². The lowest BCUT2D eigenvalue weighted by Crippen LogP contribution is -2.50. The minimum absolute atomic E-state index is 0.160. The Balaban J connectivity index is 1.97. The maximum atomic E-state index is 12.6. The van der Waals surface area contributed by atoms with Crippen molar-refractivity contribution in [2.45, 2.75) is 59.5 Å². The van der Waals surface area contributed by atoms with Crippen LogP contribution in [0.4, 0.5) is 4.79 Å². The highest BCUT2D eigenvalue weighted by Gasteiger charge is 2.31. The molecule has 1 aliphatic rings. The number of aliphatic hydroxyl groups excluding tert-OH is 1. The first-order valence-corrected chi connectivity index (χ1v) is 13.2. The van der Waals surface area contributed by atoms with Crippen molar-refractivity contribution >= 4 is 29.1 Å². The molecular formula is C28H37ClN4O5. The summed E-state index contributed by atoms with van der Waals surface area (Å²) in [4.78, 5) is 35.5. The van der Waals surface area contributed by atoms with E-state index in [4.69, 9.17) is 36.8 Å². The summed E-state index contributed by atoms with van der Waals surface area (Å²) in [7, 11) is 1.38. The van der Waals surface area contributed by atoms with Crippen LogP contribution in [-0.4, -0.2) is 64.8 Å². The molecule has 1 aromatic heterocycles. The summed E-state index contributed by atoms with van der Waals surface area (Å²) >= 11 is 6.57. The van der Waals surface area contributed by atoms with Crippen molar-refractivity contribution in [1.29, 1.82) is 0 Å². The van der Waals surface area contributed by atoms with E-state index >= 15 is 0 Å². The van der Waals surface area contributed by atoms with Crippen LogP contribution in [0, 0.1) is 12.8 Å². The summed E-state index contributed by atoms with van der Waals surface area (Å²) in [6.45, 7) is 8.45. The molecule has 3 N–H and O–H groups in total. The minimum Gasteiger partial charge on any atom is -0.491 e. The molecule has 1 fully saturated rings. The van der Waals surface area contributed by atoms with Crippen LogP contribution >= 0.6 is 11.6 Å². The maximum absolute atomic E-state index is 12.6. The summed E-state index contributed by atoms with van der Waals surface area (Å²) in [5, 5.41) is 10.5. The monoisotopic (exact) mass is 544 g/mol. The van der Waals surface area contributed by atoms with Gasteiger partial charge in [-0.25, -0.2) is 14.8 Å². The molecule has 1 aliphatic heterocycles. The van der Waals surface area contributed by atoms with E-state index in [1.165, 1.54) is 14.0 Å². The van der Waals surface area contributed by atoms with Gasteiger partial charge in [-0.1, -0.05) is 24.9 Å². The van der Waals surface area contributed by atoms with Gasteiger partial charge in [0, 0.05) is 30.0 Å². The number of nitrogens with two attached hydrogens (primary N) is 1. The number of halogens is 1. The molecule has 10 heteroatoms. The van der Waals surface area contributed by atoms with Gasteiger partial charge in [0.25, 0.3) is 0 Å². The number of Topliss-reactive ketones (excluding diaryl/α,β-unsaturated/α-hetero) is 1. The number of methoxy groups -OCH3 is 1. The van der Waals surface area contributed by atoms with Gasteiger partial charge in [-0.05, 0) is 69.7 Å². The fraction of sp³-hybridized carbons (Fsp3) is 0.500. The summed E-state index contributed by atoms with van der Waals surface area (Å²) in [5.74, 6) is 1.02. The Bertz CT molecular complexity index is 1210. The normalized spacial score (nSPS) is 15.0. The fourth-order valence-corrected chi connectivity index (χ4v) is 4.75. The summed E-state index contributed by atoms with van der Waals surface area (Å²) < 4.78 is 10.6. The van der Waals surface area contributed by atoms with Gasteiger partial charge in [0.1, 0.15) is 12.4 Å². The first kappa shape index (κ1) is 29.4. The Morgan fingerprint density at radius 2 is 1.97 bits per heavy atom. The number of aromatic nitrogens is 2. The number of hydrogen-bond donors (Lipinski definition) is 2. The number of carbonyl (C=O) groups is 2. The average Bonchev–Trinajstić information content (AvgIpc) is 2.84. The largest absolute Gasteiger partial charge is 0.491 e. The van der Waals surface area contributed by atoms with Crippen molar-refractivity contribution < 1.29 is 24.2 Å². The standard InChI is InChI=1S/C28H37ClN4O5/c1-6-7-20(35)15-38-21-9-10-23(29)22(12-21)27-31-24(11-8-19-13-33(14-19)28(36)37-5)16(2)26(32-27)25(17(3)30)18(4)34/h9-10,12,19-20,35H,6-8,11,13-15,30H2,1-5H3/t20-/m1/s1. The van der Waals surface area contributed by atoms with E-state index < -0.39 is 6.10 Å². The Hall–Kier alpha value is -3.17. The number of carbonyl (C=O) groups excluding carboxylic acids is 2. The highest BCUT2D eigenvalue weighted by molar-refractivity contribution is 6.33. The van der Waals surface area contributed by atoms with E-state index in [0.717, 1.165) is 24.1 Å². The first-order chi connectivity index (χ1) is 18.0. The second kappa shape index (κ2) is 13.1. The van der Waals surface area contributed by atoms with E-state index in [2.05, 4.69) is 0 Å². The van der Waals surface area contributed by atoms with Crippen LogP contribution in [0.25, 0.3) is 17.0 Å². The van der Waals surface area contributed by atoms with Gasteiger partial charge in [-0.3, -0.25) is 4.79 Å². The van der Waals surface area contributed by atoms with Gasteiger partial charge in [0.15, 0.2) is 11.6 Å². The predicted molar refractivity (Wildman–Crippen MR) is 147 cm³/mol. The number of allylic oxidation sites excluding steroid dienone is 2. The van der Waals surface area contributed by atoms with E-state index in [-0.39, 0.29) is 18.5 Å². The summed E-state index contributed by atoms with van der Waals surface area (Å²) in [5.41, 5.74) is 9.41. The Labute approximate surface area is 229 Å². The number of ether oxygens (including phenoxy) is 2.